The average molecular weight is 279 g/mol. The third kappa shape index (κ3) is 4.83. The summed E-state index contributed by atoms with van der Waals surface area (Å²) in [7, 11) is 0. The first kappa shape index (κ1) is 16.5. The highest BCUT2D eigenvalue weighted by molar-refractivity contribution is 5.88. The number of carbonyl (C=O) groups is 1. The van der Waals surface area contributed by atoms with Crippen molar-refractivity contribution in [3.63, 3.8) is 0 Å². The van der Waals surface area contributed by atoms with Gasteiger partial charge in [-0.05, 0) is 25.3 Å². The van der Waals surface area contributed by atoms with E-state index >= 15 is 0 Å². The molecule has 1 aromatic rings. The topological polar surface area (TPSA) is 59.4 Å². The fourth-order valence-corrected chi connectivity index (χ4v) is 1.99. The Morgan fingerprint density at radius 3 is 2.35 bits per heavy atom. The van der Waals surface area contributed by atoms with E-state index in [2.05, 4.69) is 18.8 Å². The van der Waals surface area contributed by atoms with Crippen molar-refractivity contribution in [3.05, 3.63) is 23.4 Å². The lowest BCUT2D eigenvalue weighted by atomic mass is 9.91. The molecule has 1 N–H and O–H groups in total. The van der Waals surface area contributed by atoms with E-state index in [4.69, 9.17) is 4.74 Å². The summed E-state index contributed by atoms with van der Waals surface area (Å²) >= 11 is 0. The van der Waals surface area contributed by atoms with Crippen molar-refractivity contribution < 1.29 is 14.6 Å². The normalized spacial score (nSPS) is 13.3. The Labute approximate surface area is 121 Å². The fourth-order valence-electron chi connectivity index (χ4n) is 1.99. The molecule has 1 heterocycles. The average Bonchev–Trinajstić information content (AvgIpc) is 2.25. The lowest BCUT2D eigenvalue weighted by Gasteiger charge is -2.21. The Kier molecular flexibility index (Phi) is 5.15. The van der Waals surface area contributed by atoms with E-state index in [-0.39, 0.29) is 17.1 Å². The predicted molar refractivity (Wildman–Crippen MR) is 79.4 cm³/mol. The maximum atomic E-state index is 11.2. The van der Waals surface area contributed by atoms with Gasteiger partial charge in [-0.15, -0.1) is 0 Å². The fraction of sp³-hybridized carbons (Fsp3) is 0.625. The zero-order valence-corrected chi connectivity index (χ0v) is 13.2. The van der Waals surface area contributed by atoms with Crippen LogP contribution in [0.25, 0.3) is 0 Å². The number of carboxylic acid groups (broad SMARTS) is 1. The van der Waals surface area contributed by atoms with E-state index in [0.29, 0.717) is 11.8 Å². The second-order valence-corrected chi connectivity index (χ2v) is 6.69. The number of hydrogen-bond donors (Lipinski definition) is 1. The molecule has 4 nitrogen and oxygen atoms in total. The van der Waals surface area contributed by atoms with Crippen molar-refractivity contribution in [2.24, 2.45) is 5.92 Å². The first-order valence-electron chi connectivity index (χ1n) is 7.02. The van der Waals surface area contributed by atoms with Gasteiger partial charge < -0.3 is 9.84 Å². The van der Waals surface area contributed by atoms with Crippen molar-refractivity contribution in [2.45, 2.75) is 59.5 Å². The van der Waals surface area contributed by atoms with Crippen LogP contribution >= 0.6 is 0 Å². The Morgan fingerprint density at radius 2 is 1.90 bits per heavy atom. The Balaban J connectivity index is 3.07. The highest BCUT2D eigenvalue weighted by atomic mass is 16.5. The summed E-state index contributed by atoms with van der Waals surface area (Å²) in [5.74, 6) is -0.0445. The summed E-state index contributed by atoms with van der Waals surface area (Å²) in [6.45, 7) is 12.2. The number of ether oxygens (including phenoxy) is 1. The van der Waals surface area contributed by atoms with Gasteiger partial charge in [0.15, 0.2) is 0 Å². The van der Waals surface area contributed by atoms with Crippen LogP contribution in [0.2, 0.25) is 0 Å². The third-order valence-electron chi connectivity index (χ3n) is 2.94. The molecule has 1 atom stereocenters. The molecule has 0 radical (unpaired) electrons. The molecule has 1 unspecified atom stereocenters. The van der Waals surface area contributed by atoms with Crippen molar-refractivity contribution in [1.82, 2.24) is 4.98 Å². The van der Waals surface area contributed by atoms with Crippen molar-refractivity contribution in [1.29, 1.82) is 0 Å². The van der Waals surface area contributed by atoms with Gasteiger partial charge >= 0.3 is 5.97 Å². The molecule has 1 rings (SSSR count). The minimum absolute atomic E-state index is 0.0133. The lowest BCUT2D eigenvalue weighted by Crippen LogP contribution is -2.19. The Morgan fingerprint density at radius 1 is 1.30 bits per heavy atom. The maximum Gasteiger partial charge on any atom is 0.335 e. The molecule has 0 bridgehead atoms. The molecule has 0 aromatic carbocycles. The molecule has 4 heteroatoms. The molecule has 112 valence electrons. The second kappa shape index (κ2) is 6.25. The molecular formula is C16H25NO3. The van der Waals surface area contributed by atoms with Crippen molar-refractivity contribution in [2.75, 3.05) is 0 Å². The number of hydrogen-bond acceptors (Lipinski definition) is 3. The summed E-state index contributed by atoms with van der Waals surface area (Å²) in [5, 5.41) is 9.20. The van der Waals surface area contributed by atoms with Crippen LogP contribution in [0.15, 0.2) is 12.1 Å². The molecule has 0 aliphatic carbocycles. The van der Waals surface area contributed by atoms with E-state index in [1.54, 1.807) is 6.07 Å². The number of rotatable bonds is 5. The molecule has 0 fully saturated rings. The number of nitrogens with zero attached hydrogens (tertiary/aromatic N) is 1. The van der Waals surface area contributed by atoms with Gasteiger partial charge in [-0.2, -0.15) is 0 Å². The van der Waals surface area contributed by atoms with Crippen molar-refractivity contribution in [3.8, 4) is 5.88 Å². The van der Waals surface area contributed by atoms with Gasteiger partial charge in [0.25, 0.3) is 0 Å². The molecule has 0 aliphatic rings. The van der Waals surface area contributed by atoms with Crippen LogP contribution < -0.4 is 4.74 Å². The van der Waals surface area contributed by atoms with Gasteiger partial charge in [-0.1, -0.05) is 34.6 Å². The van der Waals surface area contributed by atoms with E-state index in [9.17, 15) is 9.90 Å². The quantitative estimate of drug-likeness (QED) is 0.888. The van der Waals surface area contributed by atoms with Gasteiger partial charge in [0.1, 0.15) is 0 Å². The number of carboxylic acids is 1. The largest absolute Gasteiger partial charge is 0.478 e. The SMILES string of the molecule is CC(C)CC(C)Oc1cc(C(=O)O)cc(C(C)(C)C)n1. The van der Waals surface area contributed by atoms with E-state index in [1.165, 1.54) is 6.07 Å². The zero-order valence-electron chi connectivity index (χ0n) is 13.2. The minimum Gasteiger partial charge on any atom is -0.478 e. The van der Waals surface area contributed by atoms with E-state index in [0.717, 1.165) is 12.1 Å². The van der Waals surface area contributed by atoms with Gasteiger partial charge in [-0.25, -0.2) is 9.78 Å². The number of aromatic nitrogens is 1. The molecule has 0 saturated heterocycles. The molecule has 20 heavy (non-hydrogen) atoms. The molecule has 0 aliphatic heterocycles. The highest BCUT2D eigenvalue weighted by Crippen LogP contribution is 2.25. The first-order chi connectivity index (χ1) is 9.09. The molecular weight excluding hydrogens is 254 g/mol. The maximum absolute atomic E-state index is 11.2. The van der Waals surface area contributed by atoms with Gasteiger partial charge in [0, 0.05) is 11.5 Å². The van der Waals surface area contributed by atoms with E-state index < -0.39 is 5.97 Å². The standard InChI is InChI=1S/C16H25NO3/c1-10(2)7-11(3)20-14-9-12(15(18)19)8-13(17-14)16(4,5)6/h8-11H,7H2,1-6H3,(H,18,19). The van der Waals surface area contributed by atoms with Gasteiger partial charge in [-0.3, -0.25) is 0 Å². The van der Waals surface area contributed by atoms with Crippen molar-refractivity contribution >= 4 is 5.97 Å². The first-order valence-corrected chi connectivity index (χ1v) is 7.02. The lowest BCUT2D eigenvalue weighted by molar-refractivity contribution is 0.0695. The summed E-state index contributed by atoms with van der Waals surface area (Å²) < 4.78 is 5.78. The van der Waals surface area contributed by atoms with E-state index in [1.807, 2.05) is 27.7 Å². The molecule has 0 saturated carbocycles. The van der Waals surface area contributed by atoms with Crippen LogP contribution in [0.4, 0.5) is 0 Å². The predicted octanol–water partition coefficient (Wildman–Crippen LogP) is 3.89. The Bertz CT molecular complexity index is 475. The van der Waals surface area contributed by atoms with Gasteiger partial charge in [0.2, 0.25) is 5.88 Å². The summed E-state index contributed by atoms with van der Waals surface area (Å²) in [6.07, 6.45) is 0.920. The molecule has 0 spiro atoms. The summed E-state index contributed by atoms with van der Waals surface area (Å²) in [4.78, 5) is 15.7. The summed E-state index contributed by atoms with van der Waals surface area (Å²) in [5.41, 5.74) is 0.728. The van der Waals surface area contributed by atoms with Crippen LogP contribution in [0.5, 0.6) is 5.88 Å². The highest BCUT2D eigenvalue weighted by Gasteiger charge is 2.20. The monoisotopic (exact) mass is 279 g/mol. The second-order valence-electron chi connectivity index (χ2n) is 6.69. The van der Waals surface area contributed by atoms with Crippen LogP contribution in [0.1, 0.15) is 64.0 Å². The molecule has 0 amide bonds. The minimum atomic E-state index is -0.959. The smallest absolute Gasteiger partial charge is 0.335 e. The number of aromatic carboxylic acids is 1. The zero-order chi connectivity index (χ0) is 15.5. The molecule has 1 aromatic heterocycles. The van der Waals surface area contributed by atoms with Crippen LogP contribution in [0.3, 0.4) is 0 Å². The van der Waals surface area contributed by atoms with Crippen LogP contribution in [-0.2, 0) is 5.41 Å². The van der Waals surface area contributed by atoms with Crippen LogP contribution in [-0.4, -0.2) is 22.2 Å². The Hall–Kier alpha value is -1.58. The number of pyridine rings is 1. The summed E-state index contributed by atoms with van der Waals surface area (Å²) in [6, 6.07) is 3.11. The third-order valence-corrected chi connectivity index (χ3v) is 2.94. The van der Waals surface area contributed by atoms with Gasteiger partial charge in [0.05, 0.1) is 17.4 Å². The van der Waals surface area contributed by atoms with Crippen LogP contribution in [0, 0.1) is 5.92 Å².